The molecule has 2 heterocycles. The number of carbonyl (C=O) groups excluding carboxylic acids is 2. The number of ether oxygens (including phenoxy) is 2. The Kier molecular flexibility index (Phi) is 15.5. The molecule has 0 spiro atoms. The van der Waals surface area contributed by atoms with Gasteiger partial charge in [0.05, 0.1) is 9.85 Å². The van der Waals surface area contributed by atoms with Crippen LogP contribution >= 0.6 is 15.9 Å². The van der Waals surface area contributed by atoms with E-state index in [9.17, 15) is 29.8 Å². The van der Waals surface area contributed by atoms with E-state index in [1.807, 2.05) is 53.7 Å². The van der Waals surface area contributed by atoms with Crippen molar-refractivity contribution in [3.8, 4) is 0 Å². The molecule has 2 aliphatic heterocycles. The van der Waals surface area contributed by atoms with E-state index in [1.54, 1.807) is 34.1 Å². The molecule has 0 unspecified atom stereocenters. The summed E-state index contributed by atoms with van der Waals surface area (Å²) in [6.45, 7) is 17.7. The van der Waals surface area contributed by atoms with Crippen LogP contribution in [0.2, 0.25) is 0 Å². The SMILES string of the molecule is CC(C)(C)OC(=O)N1CCN(Cc2cccc([N+](=O)[O-])c2)CC1.CC(C)(C)OC(=O)N1CCNCC1.O=[N+]([O-])c1cccc(CBr)c1. The lowest BCUT2D eigenvalue weighted by atomic mass is 10.1. The van der Waals surface area contributed by atoms with E-state index in [1.165, 1.54) is 12.1 Å². The van der Waals surface area contributed by atoms with Gasteiger partial charge in [0.15, 0.2) is 0 Å². The molecule has 0 radical (unpaired) electrons. The van der Waals surface area contributed by atoms with Gasteiger partial charge in [-0.1, -0.05) is 40.2 Å². The summed E-state index contributed by atoms with van der Waals surface area (Å²) in [5, 5.41) is 24.9. The summed E-state index contributed by atoms with van der Waals surface area (Å²) < 4.78 is 10.6. The minimum absolute atomic E-state index is 0.106. The first kappa shape index (κ1) is 39.4. The molecule has 2 aromatic carbocycles. The molecule has 1 N–H and O–H groups in total. The van der Waals surface area contributed by atoms with Crippen molar-refractivity contribution in [2.75, 3.05) is 52.4 Å². The zero-order valence-electron chi connectivity index (χ0n) is 28.1. The van der Waals surface area contributed by atoms with Crippen molar-refractivity contribution in [1.82, 2.24) is 20.0 Å². The Bertz CT molecular complexity index is 1330. The number of nitrogens with zero attached hydrogens (tertiary/aromatic N) is 5. The minimum Gasteiger partial charge on any atom is -0.444 e. The molecule has 14 nitrogen and oxygen atoms in total. The number of hydrogen-bond acceptors (Lipinski definition) is 10. The van der Waals surface area contributed by atoms with Gasteiger partial charge in [-0.05, 0) is 52.7 Å². The van der Waals surface area contributed by atoms with Crippen LogP contribution in [0, 0.1) is 20.2 Å². The molecule has 2 amide bonds. The van der Waals surface area contributed by atoms with Crippen molar-refractivity contribution >= 4 is 39.5 Å². The summed E-state index contributed by atoms with van der Waals surface area (Å²) in [7, 11) is 0. The van der Waals surface area contributed by atoms with Gasteiger partial charge in [0.1, 0.15) is 11.2 Å². The van der Waals surface area contributed by atoms with Crippen LogP contribution < -0.4 is 5.32 Å². The molecule has 0 aromatic heterocycles. The highest BCUT2D eigenvalue weighted by Gasteiger charge is 2.26. The third-order valence-corrected chi connectivity index (χ3v) is 7.24. The number of amides is 2. The normalized spacial score (nSPS) is 15.3. The van der Waals surface area contributed by atoms with Crippen LogP contribution in [-0.4, -0.2) is 100 Å². The van der Waals surface area contributed by atoms with Crippen molar-refractivity contribution in [2.24, 2.45) is 0 Å². The second-order valence-corrected chi connectivity index (χ2v) is 13.5. The van der Waals surface area contributed by atoms with Crippen LogP contribution in [0.1, 0.15) is 52.7 Å². The third kappa shape index (κ3) is 15.5. The number of non-ortho nitro benzene ring substituents is 2. The number of alkyl halides is 1. The van der Waals surface area contributed by atoms with Crippen LogP contribution in [0.5, 0.6) is 0 Å². The maximum absolute atomic E-state index is 12.0. The number of carbonyl (C=O) groups is 2. The van der Waals surface area contributed by atoms with E-state index < -0.39 is 10.5 Å². The topological polar surface area (TPSA) is 161 Å². The summed E-state index contributed by atoms with van der Waals surface area (Å²) in [5.74, 6) is 0. The van der Waals surface area contributed by atoms with Crippen molar-refractivity contribution in [3.05, 3.63) is 79.9 Å². The molecule has 0 bridgehead atoms. The van der Waals surface area contributed by atoms with Gasteiger partial charge in [0.2, 0.25) is 0 Å². The monoisotopic (exact) mass is 722 g/mol. The van der Waals surface area contributed by atoms with E-state index in [-0.39, 0.29) is 34.1 Å². The first-order valence-corrected chi connectivity index (χ1v) is 16.5. The molecular weight excluding hydrogens is 676 g/mol. The van der Waals surface area contributed by atoms with Gasteiger partial charge in [-0.25, -0.2) is 9.59 Å². The lowest BCUT2D eigenvalue weighted by Crippen LogP contribution is -2.49. The van der Waals surface area contributed by atoms with Crippen LogP contribution in [0.3, 0.4) is 0 Å². The van der Waals surface area contributed by atoms with Crippen LogP contribution in [-0.2, 0) is 21.3 Å². The number of benzene rings is 2. The van der Waals surface area contributed by atoms with Crippen molar-refractivity contribution in [2.45, 2.75) is 64.6 Å². The molecule has 0 atom stereocenters. The van der Waals surface area contributed by atoms with E-state index in [4.69, 9.17) is 9.47 Å². The lowest BCUT2D eigenvalue weighted by Gasteiger charge is -2.35. The highest BCUT2D eigenvalue weighted by Crippen LogP contribution is 2.17. The fourth-order valence-electron chi connectivity index (χ4n) is 4.37. The van der Waals surface area contributed by atoms with Crippen molar-refractivity contribution < 1.29 is 28.9 Å². The number of nitrogens with one attached hydrogen (secondary N) is 1. The number of halogens is 1. The molecule has 260 valence electrons. The second-order valence-electron chi connectivity index (χ2n) is 12.9. The van der Waals surface area contributed by atoms with Crippen LogP contribution in [0.25, 0.3) is 0 Å². The highest BCUT2D eigenvalue weighted by atomic mass is 79.9. The quantitative estimate of drug-likeness (QED) is 0.221. The Hall–Kier alpha value is -3.82. The Labute approximate surface area is 284 Å². The molecule has 2 saturated heterocycles. The standard InChI is InChI=1S/C16H23N3O4.C9H18N2O2.C7H6BrNO2/c1-16(2,3)23-15(20)18-9-7-17(8-10-18)12-13-5-4-6-14(11-13)19(21)22;1-9(2,3)13-8(12)11-6-4-10-5-7-11;8-5-6-2-1-3-7(4-6)9(10)11/h4-6,11H,7-10,12H2,1-3H3;10H,4-7H2,1-3H3;1-4H,5H2. The number of rotatable bonds is 5. The summed E-state index contributed by atoms with van der Waals surface area (Å²) >= 11 is 3.22. The molecule has 0 saturated carbocycles. The largest absolute Gasteiger partial charge is 0.444 e. The molecule has 2 fully saturated rings. The Morgan fingerprint density at radius 2 is 1.17 bits per heavy atom. The molecule has 0 aliphatic carbocycles. The minimum atomic E-state index is -0.489. The highest BCUT2D eigenvalue weighted by molar-refractivity contribution is 9.08. The fourth-order valence-corrected chi connectivity index (χ4v) is 4.72. The van der Waals surface area contributed by atoms with Crippen molar-refractivity contribution in [1.29, 1.82) is 0 Å². The van der Waals surface area contributed by atoms with E-state index >= 15 is 0 Å². The number of nitro groups is 2. The van der Waals surface area contributed by atoms with Gasteiger partial charge < -0.3 is 24.6 Å². The van der Waals surface area contributed by atoms with Gasteiger partial charge in [0, 0.05) is 88.5 Å². The Balaban J connectivity index is 0.000000270. The third-order valence-electron chi connectivity index (χ3n) is 6.60. The molecular formula is C32H47BrN6O8. The Morgan fingerprint density at radius 3 is 1.60 bits per heavy atom. The van der Waals surface area contributed by atoms with Gasteiger partial charge in [-0.15, -0.1) is 0 Å². The van der Waals surface area contributed by atoms with E-state index in [2.05, 4.69) is 26.1 Å². The number of nitro benzene ring substituents is 2. The summed E-state index contributed by atoms with van der Waals surface area (Å²) in [6.07, 6.45) is -0.485. The average molecular weight is 724 g/mol. The molecule has 4 rings (SSSR count). The predicted molar refractivity (Wildman–Crippen MR) is 183 cm³/mol. The number of piperazine rings is 2. The van der Waals surface area contributed by atoms with Gasteiger partial charge in [-0.3, -0.25) is 25.1 Å². The first-order valence-electron chi connectivity index (χ1n) is 15.4. The lowest BCUT2D eigenvalue weighted by molar-refractivity contribution is -0.385. The first-order chi connectivity index (χ1) is 22.0. The maximum atomic E-state index is 12.0. The zero-order valence-corrected chi connectivity index (χ0v) is 29.7. The van der Waals surface area contributed by atoms with Crippen LogP contribution in [0.4, 0.5) is 21.0 Å². The smallest absolute Gasteiger partial charge is 0.410 e. The maximum Gasteiger partial charge on any atom is 0.410 e. The van der Waals surface area contributed by atoms with E-state index in [0.29, 0.717) is 25.0 Å². The summed E-state index contributed by atoms with van der Waals surface area (Å²) in [5.41, 5.74) is 1.19. The van der Waals surface area contributed by atoms with Crippen LogP contribution in [0.15, 0.2) is 48.5 Å². The summed E-state index contributed by atoms with van der Waals surface area (Å²) in [4.78, 5) is 49.4. The molecule has 2 aliphatic rings. The molecule has 47 heavy (non-hydrogen) atoms. The van der Waals surface area contributed by atoms with Crippen molar-refractivity contribution in [3.63, 3.8) is 0 Å². The molecule has 15 heteroatoms. The van der Waals surface area contributed by atoms with E-state index in [0.717, 1.165) is 50.4 Å². The molecule has 2 aromatic rings. The predicted octanol–water partition coefficient (Wildman–Crippen LogP) is 5.96. The fraction of sp³-hybridized carbons (Fsp3) is 0.562. The van der Waals surface area contributed by atoms with Gasteiger partial charge >= 0.3 is 12.2 Å². The number of hydrogen-bond donors (Lipinski definition) is 1. The van der Waals surface area contributed by atoms with Gasteiger partial charge in [0.25, 0.3) is 11.4 Å². The zero-order chi connectivity index (χ0) is 35.2. The second kappa shape index (κ2) is 18.5. The average Bonchev–Trinajstić information content (AvgIpc) is 3.01. The summed E-state index contributed by atoms with van der Waals surface area (Å²) in [6, 6.07) is 13.2. The van der Waals surface area contributed by atoms with Gasteiger partial charge in [-0.2, -0.15) is 0 Å². The Morgan fingerprint density at radius 1 is 0.745 bits per heavy atom.